The van der Waals surface area contributed by atoms with Crippen LogP contribution in [0.5, 0.6) is 5.75 Å². The fourth-order valence-electron chi connectivity index (χ4n) is 1.37. The molecule has 0 radical (unpaired) electrons. The third kappa shape index (κ3) is 3.89. The second kappa shape index (κ2) is 7.28. The number of nitrogens with one attached hydrogen (secondary N) is 2. The van der Waals surface area contributed by atoms with Crippen molar-refractivity contribution in [2.24, 2.45) is 4.99 Å². The van der Waals surface area contributed by atoms with Crippen LogP contribution >= 0.6 is 11.8 Å². The van der Waals surface area contributed by atoms with Crippen LogP contribution in [0.2, 0.25) is 0 Å². The van der Waals surface area contributed by atoms with Crippen LogP contribution in [0, 0.1) is 11.5 Å². The van der Waals surface area contributed by atoms with Gasteiger partial charge in [-0.05, 0) is 24.5 Å². The highest BCUT2D eigenvalue weighted by atomic mass is 32.2. The Labute approximate surface area is 115 Å². The summed E-state index contributed by atoms with van der Waals surface area (Å²) in [5.41, 5.74) is 0.954. The molecule has 0 aromatic heterocycles. The third-order valence-corrected chi connectivity index (χ3v) is 2.82. The van der Waals surface area contributed by atoms with Crippen LogP contribution in [0.3, 0.4) is 0 Å². The van der Waals surface area contributed by atoms with Crippen molar-refractivity contribution in [2.45, 2.75) is 0 Å². The van der Waals surface area contributed by atoms with Gasteiger partial charge >= 0.3 is 0 Å². The Morgan fingerprint density at radius 2 is 2.26 bits per heavy atom. The summed E-state index contributed by atoms with van der Waals surface area (Å²) in [5, 5.41) is 14.0. The van der Waals surface area contributed by atoms with Gasteiger partial charge in [0.2, 0.25) is 0 Å². The van der Waals surface area contributed by atoms with E-state index in [0.717, 1.165) is 0 Å². The number of benzene rings is 1. The Kier molecular flexibility index (Phi) is 5.70. The molecule has 1 rings (SSSR count). The fraction of sp³-hybridized carbons (Fsp3) is 0.250. The molecule has 19 heavy (non-hydrogen) atoms. The van der Waals surface area contributed by atoms with Gasteiger partial charge in [-0.15, -0.1) is 0 Å². The SMILES string of the molecule is CNC(=O)c1cc(N=C(NC#N)SC)ccc1OC. The minimum atomic E-state index is -0.257. The zero-order valence-corrected chi connectivity index (χ0v) is 11.7. The maximum atomic E-state index is 11.7. The van der Waals surface area contributed by atoms with E-state index in [1.165, 1.54) is 18.9 Å². The number of carbonyl (C=O) groups excluding carboxylic acids is 1. The number of nitriles is 1. The smallest absolute Gasteiger partial charge is 0.254 e. The first kappa shape index (κ1) is 14.9. The van der Waals surface area contributed by atoms with E-state index in [0.29, 0.717) is 22.2 Å². The highest BCUT2D eigenvalue weighted by molar-refractivity contribution is 8.13. The van der Waals surface area contributed by atoms with Gasteiger partial charge in [0.15, 0.2) is 11.4 Å². The Morgan fingerprint density at radius 3 is 2.79 bits per heavy atom. The molecule has 0 heterocycles. The van der Waals surface area contributed by atoms with E-state index in [1.54, 1.807) is 37.7 Å². The van der Waals surface area contributed by atoms with Gasteiger partial charge in [-0.25, -0.2) is 4.99 Å². The van der Waals surface area contributed by atoms with Crippen molar-refractivity contribution in [3.05, 3.63) is 23.8 Å². The number of ether oxygens (including phenoxy) is 1. The van der Waals surface area contributed by atoms with Crippen molar-refractivity contribution >= 4 is 28.5 Å². The predicted molar refractivity (Wildman–Crippen MR) is 75.7 cm³/mol. The molecule has 6 nitrogen and oxygen atoms in total. The number of hydrogen-bond acceptors (Lipinski definition) is 5. The van der Waals surface area contributed by atoms with E-state index < -0.39 is 0 Å². The Hall–Kier alpha value is -2.20. The van der Waals surface area contributed by atoms with Crippen LogP contribution in [-0.2, 0) is 0 Å². The Balaban J connectivity index is 3.18. The van der Waals surface area contributed by atoms with Crippen LogP contribution in [0.4, 0.5) is 5.69 Å². The van der Waals surface area contributed by atoms with Crippen LogP contribution in [-0.4, -0.2) is 31.5 Å². The molecule has 7 heteroatoms. The molecule has 1 aromatic carbocycles. The van der Waals surface area contributed by atoms with Crippen LogP contribution < -0.4 is 15.4 Å². The lowest BCUT2D eigenvalue weighted by Crippen LogP contribution is -2.18. The molecule has 0 fully saturated rings. The molecule has 2 N–H and O–H groups in total. The van der Waals surface area contributed by atoms with Crippen molar-refractivity contribution in [3.63, 3.8) is 0 Å². The predicted octanol–water partition coefficient (Wildman–Crippen LogP) is 1.48. The third-order valence-electron chi connectivity index (χ3n) is 2.24. The molecule has 0 saturated carbocycles. The summed E-state index contributed by atoms with van der Waals surface area (Å²) in [6.45, 7) is 0. The lowest BCUT2D eigenvalue weighted by molar-refractivity contribution is 0.0960. The quantitative estimate of drug-likeness (QED) is 0.378. The molecule has 1 amide bonds. The number of methoxy groups -OCH3 is 1. The maximum absolute atomic E-state index is 11.7. The molecule has 0 unspecified atom stereocenters. The first-order valence-corrected chi connectivity index (χ1v) is 6.56. The first-order valence-electron chi connectivity index (χ1n) is 5.34. The van der Waals surface area contributed by atoms with Gasteiger partial charge in [0.25, 0.3) is 5.91 Å². The van der Waals surface area contributed by atoms with E-state index >= 15 is 0 Å². The van der Waals surface area contributed by atoms with Gasteiger partial charge in [-0.1, -0.05) is 11.8 Å². The summed E-state index contributed by atoms with van der Waals surface area (Å²) < 4.78 is 5.12. The number of aliphatic imine (C=N–C) groups is 1. The second-order valence-electron chi connectivity index (χ2n) is 3.32. The summed E-state index contributed by atoms with van der Waals surface area (Å²) in [5.74, 6) is 0.213. The molecule has 0 spiro atoms. The monoisotopic (exact) mass is 278 g/mol. The Bertz CT molecular complexity index is 537. The van der Waals surface area contributed by atoms with Crippen LogP contribution in [0.15, 0.2) is 23.2 Å². The zero-order chi connectivity index (χ0) is 14.3. The average Bonchev–Trinajstić information content (AvgIpc) is 2.45. The summed E-state index contributed by atoms with van der Waals surface area (Å²) >= 11 is 1.30. The zero-order valence-electron chi connectivity index (χ0n) is 10.9. The molecular formula is C12H14N4O2S. The summed E-state index contributed by atoms with van der Waals surface area (Å²) in [6, 6.07) is 4.97. The fourth-order valence-corrected chi connectivity index (χ4v) is 1.71. The minimum Gasteiger partial charge on any atom is -0.496 e. The molecule has 0 bridgehead atoms. The summed E-state index contributed by atoms with van der Waals surface area (Å²) in [4.78, 5) is 15.9. The Morgan fingerprint density at radius 1 is 1.53 bits per heavy atom. The number of nitrogens with zero attached hydrogens (tertiary/aromatic N) is 2. The van der Waals surface area contributed by atoms with E-state index in [4.69, 9.17) is 10.00 Å². The van der Waals surface area contributed by atoms with Crippen molar-refractivity contribution in [1.82, 2.24) is 10.6 Å². The highest BCUT2D eigenvalue weighted by Crippen LogP contribution is 2.24. The van der Waals surface area contributed by atoms with Gasteiger partial charge in [0, 0.05) is 7.05 Å². The average molecular weight is 278 g/mol. The number of amidine groups is 1. The standard InChI is InChI=1S/C12H14N4O2S/c1-14-11(17)9-6-8(4-5-10(9)18-2)16-12(19-3)15-7-13/h4-6H,1-3H3,(H,14,17)(H,15,16). The molecule has 0 aliphatic carbocycles. The van der Waals surface area contributed by atoms with Gasteiger partial charge in [-0.2, -0.15) is 5.26 Å². The molecule has 0 aliphatic heterocycles. The molecule has 100 valence electrons. The van der Waals surface area contributed by atoms with Gasteiger partial charge < -0.3 is 10.1 Å². The van der Waals surface area contributed by atoms with Crippen molar-refractivity contribution in [1.29, 1.82) is 5.26 Å². The van der Waals surface area contributed by atoms with Crippen LogP contribution in [0.1, 0.15) is 10.4 Å². The van der Waals surface area contributed by atoms with E-state index in [9.17, 15) is 4.79 Å². The first-order chi connectivity index (χ1) is 9.15. The van der Waals surface area contributed by atoms with Crippen molar-refractivity contribution < 1.29 is 9.53 Å². The van der Waals surface area contributed by atoms with E-state index in [1.807, 2.05) is 0 Å². The largest absolute Gasteiger partial charge is 0.496 e. The van der Waals surface area contributed by atoms with Gasteiger partial charge in [0.05, 0.1) is 18.4 Å². The van der Waals surface area contributed by atoms with Crippen molar-refractivity contribution in [2.75, 3.05) is 20.4 Å². The van der Waals surface area contributed by atoms with Gasteiger partial charge in [0.1, 0.15) is 5.75 Å². The normalized spacial score (nSPS) is 10.5. The number of rotatable bonds is 3. The maximum Gasteiger partial charge on any atom is 0.254 e. The molecule has 1 aromatic rings. The molecule has 0 atom stereocenters. The topological polar surface area (TPSA) is 86.5 Å². The van der Waals surface area contributed by atoms with E-state index in [-0.39, 0.29) is 5.91 Å². The number of carbonyl (C=O) groups is 1. The van der Waals surface area contributed by atoms with Crippen molar-refractivity contribution in [3.8, 4) is 11.9 Å². The number of amides is 1. The lowest BCUT2D eigenvalue weighted by Gasteiger charge is -2.08. The lowest BCUT2D eigenvalue weighted by atomic mass is 10.1. The molecular weight excluding hydrogens is 264 g/mol. The summed E-state index contributed by atoms with van der Waals surface area (Å²) in [7, 11) is 3.04. The number of thioether (sulfide) groups is 1. The minimum absolute atomic E-state index is 0.257. The second-order valence-corrected chi connectivity index (χ2v) is 4.12. The van der Waals surface area contributed by atoms with E-state index in [2.05, 4.69) is 15.6 Å². The highest BCUT2D eigenvalue weighted by Gasteiger charge is 2.11. The number of hydrogen-bond donors (Lipinski definition) is 2. The molecule has 0 saturated heterocycles. The summed E-state index contributed by atoms with van der Waals surface area (Å²) in [6.07, 6.45) is 3.60. The molecule has 0 aliphatic rings. The van der Waals surface area contributed by atoms with Gasteiger partial charge in [-0.3, -0.25) is 10.1 Å². The van der Waals surface area contributed by atoms with Crippen LogP contribution in [0.25, 0.3) is 0 Å².